The lowest BCUT2D eigenvalue weighted by Crippen LogP contribution is -2.28. The van der Waals surface area contributed by atoms with E-state index in [1.807, 2.05) is 0 Å². The molecule has 11 heavy (non-hydrogen) atoms. The van der Waals surface area contributed by atoms with E-state index in [9.17, 15) is 8.42 Å². The summed E-state index contributed by atoms with van der Waals surface area (Å²) in [4.78, 5) is 0. The van der Waals surface area contributed by atoms with Crippen LogP contribution >= 0.6 is 0 Å². The number of hydrogen-bond donors (Lipinski definition) is 2. The summed E-state index contributed by atoms with van der Waals surface area (Å²) < 4.78 is 21.3. The molecule has 0 unspecified atom stereocenters. The number of nitrogens with two attached hydrogens (primary N) is 1. The van der Waals surface area contributed by atoms with Crippen LogP contribution in [0.3, 0.4) is 0 Å². The fourth-order valence-electron chi connectivity index (χ4n) is 0.625. The largest absolute Gasteiger partial charge is 0.238 e. The van der Waals surface area contributed by atoms with Gasteiger partial charge in [0.1, 0.15) is 0 Å². The smallest absolute Gasteiger partial charge is 0.234 e. The molecular formula is C6H7N2O2S. The Morgan fingerprint density at radius 1 is 1.36 bits per heavy atom. The fraction of sp³-hybridized carbons (Fsp3) is 0. The van der Waals surface area contributed by atoms with Crippen molar-refractivity contribution in [3.05, 3.63) is 30.3 Å². The Morgan fingerprint density at radius 2 is 1.91 bits per heavy atom. The molecular weight excluding hydrogens is 164 g/mol. The summed E-state index contributed by atoms with van der Waals surface area (Å²) in [6.07, 6.45) is 0. The molecule has 0 atom stereocenters. The SMILES string of the molecule is NN(c1cc[c]cc1)[SH](=O)=O. The van der Waals surface area contributed by atoms with Crippen molar-refractivity contribution in [2.24, 2.45) is 5.84 Å². The molecule has 1 aromatic rings. The molecule has 0 fully saturated rings. The number of nitrogens with zero attached hydrogens (tertiary/aromatic N) is 1. The predicted octanol–water partition coefficient (Wildman–Crippen LogP) is -0.307. The second-order valence-corrected chi connectivity index (χ2v) is 2.75. The molecule has 0 aliphatic carbocycles. The highest BCUT2D eigenvalue weighted by Gasteiger charge is 1.99. The summed E-state index contributed by atoms with van der Waals surface area (Å²) in [6.45, 7) is 0. The lowest BCUT2D eigenvalue weighted by molar-refractivity contribution is 0.611. The first-order chi connectivity index (χ1) is 5.22. The van der Waals surface area contributed by atoms with Gasteiger partial charge in [-0.15, -0.1) is 0 Å². The van der Waals surface area contributed by atoms with Gasteiger partial charge in [-0.1, -0.05) is 12.1 Å². The molecule has 0 aromatic heterocycles. The number of hydrogen-bond acceptors (Lipinski definition) is 3. The average molecular weight is 171 g/mol. The first-order valence-electron chi connectivity index (χ1n) is 2.87. The number of thiol groups is 1. The second-order valence-electron chi connectivity index (χ2n) is 1.84. The monoisotopic (exact) mass is 171 g/mol. The van der Waals surface area contributed by atoms with Crippen molar-refractivity contribution in [2.75, 3.05) is 4.41 Å². The van der Waals surface area contributed by atoms with Crippen molar-refractivity contribution >= 4 is 16.6 Å². The van der Waals surface area contributed by atoms with Gasteiger partial charge in [0.15, 0.2) is 0 Å². The van der Waals surface area contributed by atoms with Gasteiger partial charge in [0.2, 0.25) is 10.9 Å². The Bertz CT molecular complexity index is 289. The third kappa shape index (κ3) is 1.92. The minimum absolute atomic E-state index is 0.430. The molecule has 0 spiro atoms. The number of hydrazine groups is 1. The van der Waals surface area contributed by atoms with E-state index in [2.05, 4.69) is 6.07 Å². The molecule has 0 aliphatic heterocycles. The molecule has 1 radical (unpaired) electrons. The third-order valence-electron chi connectivity index (χ3n) is 1.14. The van der Waals surface area contributed by atoms with Crippen LogP contribution in [0.5, 0.6) is 0 Å². The molecule has 0 heterocycles. The molecule has 5 heteroatoms. The van der Waals surface area contributed by atoms with E-state index in [4.69, 9.17) is 5.84 Å². The summed E-state index contributed by atoms with van der Waals surface area (Å²) in [5.74, 6) is 5.16. The Balaban J connectivity index is 2.94. The Kier molecular flexibility index (Phi) is 2.45. The van der Waals surface area contributed by atoms with Crippen LogP contribution in [0.2, 0.25) is 0 Å². The van der Waals surface area contributed by atoms with Crippen LogP contribution < -0.4 is 10.3 Å². The number of anilines is 1. The lowest BCUT2D eigenvalue weighted by atomic mass is 10.3. The summed E-state index contributed by atoms with van der Waals surface area (Å²) in [7, 11) is -2.74. The zero-order valence-electron chi connectivity index (χ0n) is 5.60. The van der Waals surface area contributed by atoms with E-state index in [1.165, 1.54) is 0 Å². The van der Waals surface area contributed by atoms with Crippen molar-refractivity contribution in [3.63, 3.8) is 0 Å². The molecule has 59 valence electrons. The van der Waals surface area contributed by atoms with Crippen molar-refractivity contribution in [1.82, 2.24) is 0 Å². The van der Waals surface area contributed by atoms with Crippen molar-refractivity contribution in [1.29, 1.82) is 0 Å². The molecule has 4 nitrogen and oxygen atoms in total. The molecule has 1 rings (SSSR count). The summed E-state index contributed by atoms with van der Waals surface area (Å²) >= 11 is 0. The molecule has 0 amide bonds. The van der Waals surface area contributed by atoms with Crippen LogP contribution in [-0.4, -0.2) is 8.42 Å². The van der Waals surface area contributed by atoms with Gasteiger partial charge in [-0.3, -0.25) is 0 Å². The Morgan fingerprint density at radius 3 is 2.36 bits per heavy atom. The van der Waals surface area contributed by atoms with Crippen LogP contribution in [-0.2, 0) is 10.9 Å². The maximum absolute atomic E-state index is 10.3. The van der Waals surface area contributed by atoms with Gasteiger partial charge < -0.3 is 0 Å². The number of benzene rings is 1. The summed E-state index contributed by atoms with van der Waals surface area (Å²) in [5, 5.41) is 0. The minimum Gasteiger partial charge on any atom is -0.234 e. The lowest BCUT2D eigenvalue weighted by Gasteiger charge is -2.08. The molecule has 0 bridgehead atoms. The highest BCUT2D eigenvalue weighted by Crippen LogP contribution is 2.07. The molecule has 0 saturated heterocycles. The van der Waals surface area contributed by atoms with Gasteiger partial charge in [-0.2, -0.15) is 0 Å². The molecule has 2 N–H and O–H groups in total. The maximum Gasteiger partial charge on any atom is 0.238 e. The normalized spacial score (nSPS) is 10.0. The van der Waals surface area contributed by atoms with Gasteiger partial charge in [-0.25, -0.2) is 18.7 Å². The summed E-state index contributed by atoms with van der Waals surface area (Å²) in [6, 6.07) is 9.05. The highest BCUT2D eigenvalue weighted by molar-refractivity contribution is 7.73. The molecule has 1 aromatic carbocycles. The average Bonchev–Trinajstić information content (AvgIpc) is 2.05. The van der Waals surface area contributed by atoms with Gasteiger partial charge in [0.05, 0.1) is 5.69 Å². The minimum atomic E-state index is -2.74. The van der Waals surface area contributed by atoms with Crippen molar-refractivity contribution in [2.45, 2.75) is 0 Å². The van der Waals surface area contributed by atoms with Gasteiger partial charge in [-0.05, 0) is 18.2 Å². The Labute approximate surface area is 66.3 Å². The second kappa shape index (κ2) is 3.36. The van der Waals surface area contributed by atoms with Crippen LogP contribution in [0.4, 0.5) is 5.69 Å². The summed E-state index contributed by atoms with van der Waals surface area (Å²) in [5.41, 5.74) is 0.430. The topological polar surface area (TPSA) is 63.4 Å². The third-order valence-corrected chi connectivity index (χ3v) is 1.72. The molecule has 0 aliphatic rings. The van der Waals surface area contributed by atoms with E-state index < -0.39 is 10.9 Å². The van der Waals surface area contributed by atoms with E-state index in [0.29, 0.717) is 10.1 Å². The van der Waals surface area contributed by atoms with E-state index in [0.717, 1.165) is 0 Å². The maximum atomic E-state index is 10.3. The quantitative estimate of drug-likeness (QED) is 0.364. The Hall–Kier alpha value is -1.07. The fourth-order valence-corrected chi connectivity index (χ4v) is 0.947. The van der Waals surface area contributed by atoms with Crippen LogP contribution in [0.1, 0.15) is 0 Å². The zero-order valence-corrected chi connectivity index (χ0v) is 6.49. The zero-order chi connectivity index (χ0) is 8.27. The number of rotatable bonds is 2. The molecule has 0 saturated carbocycles. The van der Waals surface area contributed by atoms with Crippen molar-refractivity contribution in [3.8, 4) is 0 Å². The van der Waals surface area contributed by atoms with Gasteiger partial charge in [0, 0.05) is 0 Å². The van der Waals surface area contributed by atoms with E-state index in [1.54, 1.807) is 24.3 Å². The van der Waals surface area contributed by atoms with Gasteiger partial charge in [0.25, 0.3) is 0 Å². The standard InChI is InChI=1S/C6H7N2O2S/c7-8(11(9)10)6-4-2-1-3-5-6/h2-5,11H,7H2. The van der Waals surface area contributed by atoms with Gasteiger partial charge >= 0.3 is 0 Å². The van der Waals surface area contributed by atoms with Crippen LogP contribution in [0.25, 0.3) is 0 Å². The first kappa shape index (κ1) is 8.03. The van der Waals surface area contributed by atoms with Crippen LogP contribution in [0, 0.1) is 6.07 Å². The van der Waals surface area contributed by atoms with E-state index >= 15 is 0 Å². The predicted molar refractivity (Wildman–Crippen MR) is 42.3 cm³/mol. The highest BCUT2D eigenvalue weighted by atomic mass is 32.2. The van der Waals surface area contributed by atoms with E-state index in [-0.39, 0.29) is 0 Å². The van der Waals surface area contributed by atoms with Crippen LogP contribution in [0.15, 0.2) is 24.3 Å². The van der Waals surface area contributed by atoms with Crippen molar-refractivity contribution < 1.29 is 8.42 Å². The first-order valence-corrected chi connectivity index (χ1v) is 4.00.